The first kappa shape index (κ1) is 14.3. The van der Waals surface area contributed by atoms with Gasteiger partial charge in [0, 0.05) is 15.7 Å². The van der Waals surface area contributed by atoms with E-state index in [9.17, 15) is 9.59 Å². The lowest BCUT2D eigenvalue weighted by molar-refractivity contribution is -0.136. The van der Waals surface area contributed by atoms with Crippen LogP contribution in [0.25, 0.3) is 0 Å². The number of hydrogen-bond acceptors (Lipinski definition) is 3. The van der Waals surface area contributed by atoms with Gasteiger partial charge in [0.1, 0.15) is 0 Å². The zero-order valence-electron chi connectivity index (χ0n) is 10.5. The Morgan fingerprint density at radius 2 is 1.75 bits per heavy atom. The minimum atomic E-state index is -0.989. The van der Waals surface area contributed by atoms with Gasteiger partial charge in [-0.05, 0) is 27.6 Å². The Kier molecular flexibility index (Phi) is 4.20. The van der Waals surface area contributed by atoms with Gasteiger partial charge < -0.3 is 10.8 Å². The normalized spacial score (nSPS) is 10.2. The van der Waals surface area contributed by atoms with E-state index in [0.717, 1.165) is 0 Å². The maximum Gasteiger partial charge on any atom is 0.307 e. The van der Waals surface area contributed by atoms with Crippen molar-refractivity contribution in [2.24, 2.45) is 0 Å². The standard InChI is InChI=1S/C15H12BrNO3/c16-11-7-6-10(8-12(18)19)14(17)13(11)15(20)9-4-2-1-3-5-9/h1-7H,8,17H2,(H,18,19). The second-order valence-electron chi connectivity index (χ2n) is 4.26. The van der Waals surface area contributed by atoms with Gasteiger partial charge in [-0.3, -0.25) is 9.59 Å². The number of halogens is 1. The van der Waals surface area contributed by atoms with Gasteiger partial charge in [-0.15, -0.1) is 0 Å². The van der Waals surface area contributed by atoms with Crippen molar-refractivity contribution in [1.82, 2.24) is 0 Å². The molecule has 0 aliphatic carbocycles. The van der Waals surface area contributed by atoms with Crippen molar-refractivity contribution in [2.45, 2.75) is 6.42 Å². The van der Waals surface area contributed by atoms with E-state index in [0.29, 0.717) is 21.2 Å². The van der Waals surface area contributed by atoms with E-state index in [1.54, 1.807) is 36.4 Å². The van der Waals surface area contributed by atoms with Crippen molar-refractivity contribution in [3.63, 3.8) is 0 Å². The molecule has 0 atom stereocenters. The van der Waals surface area contributed by atoms with Crippen LogP contribution in [0.4, 0.5) is 5.69 Å². The Morgan fingerprint density at radius 3 is 2.35 bits per heavy atom. The van der Waals surface area contributed by atoms with Gasteiger partial charge in [0.2, 0.25) is 0 Å². The first-order valence-electron chi connectivity index (χ1n) is 5.89. The minimum Gasteiger partial charge on any atom is -0.481 e. The van der Waals surface area contributed by atoms with Crippen LogP contribution < -0.4 is 5.73 Å². The van der Waals surface area contributed by atoms with E-state index >= 15 is 0 Å². The number of benzene rings is 2. The molecular weight excluding hydrogens is 322 g/mol. The Balaban J connectivity index is 2.51. The van der Waals surface area contributed by atoms with E-state index in [4.69, 9.17) is 10.8 Å². The third-order valence-electron chi connectivity index (χ3n) is 2.89. The molecule has 0 saturated heterocycles. The first-order valence-corrected chi connectivity index (χ1v) is 6.68. The number of ketones is 1. The predicted molar refractivity (Wildman–Crippen MR) is 79.8 cm³/mol. The average molecular weight is 334 g/mol. The van der Waals surface area contributed by atoms with Crippen molar-refractivity contribution in [3.8, 4) is 0 Å². The molecule has 0 spiro atoms. The number of nitrogen functional groups attached to an aromatic ring is 1. The summed E-state index contributed by atoms with van der Waals surface area (Å²) in [6.07, 6.45) is -0.214. The van der Waals surface area contributed by atoms with Crippen LogP contribution in [-0.4, -0.2) is 16.9 Å². The summed E-state index contributed by atoms with van der Waals surface area (Å²) in [4.78, 5) is 23.3. The predicted octanol–water partition coefficient (Wildman–Crippen LogP) is 2.89. The fourth-order valence-corrected chi connectivity index (χ4v) is 2.44. The van der Waals surface area contributed by atoms with Crippen LogP contribution in [0, 0.1) is 0 Å². The highest BCUT2D eigenvalue weighted by molar-refractivity contribution is 9.10. The molecule has 3 N–H and O–H groups in total. The van der Waals surface area contributed by atoms with Gasteiger partial charge >= 0.3 is 5.97 Å². The van der Waals surface area contributed by atoms with Crippen molar-refractivity contribution in [2.75, 3.05) is 5.73 Å². The Bertz CT molecular complexity index is 668. The molecule has 0 saturated carbocycles. The summed E-state index contributed by atoms with van der Waals surface area (Å²) in [6.45, 7) is 0. The van der Waals surface area contributed by atoms with Crippen LogP contribution in [0.15, 0.2) is 46.9 Å². The van der Waals surface area contributed by atoms with Crippen molar-refractivity contribution in [3.05, 3.63) is 63.6 Å². The highest BCUT2D eigenvalue weighted by Crippen LogP contribution is 2.29. The topological polar surface area (TPSA) is 80.4 Å². The van der Waals surface area contributed by atoms with Crippen molar-refractivity contribution >= 4 is 33.4 Å². The molecule has 2 rings (SSSR count). The molecule has 0 unspecified atom stereocenters. The number of carbonyl (C=O) groups excluding carboxylic acids is 1. The van der Waals surface area contributed by atoms with Crippen LogP contribution in [0.1, 0.15) is 21.5 Å². The summed E-state index contributed by atoms with van der Waals surface area (Å²) < 4.78 is 0.554. The monoisotopic (exact) mass is 333 g/mol. The maximum atomic E-state index is 12.5. The summed E-state index contributed by atoms with van der Waals surface area (Å²) in [5.41, 5.74) is 7.40. The maximum absolute atomic E-state index is 12.5. The SMILES string of the molecule is Nc1c(CC(=O)O)ccc(Br)c1C(=O)c1ccccc1. The summed E-state index contributed by atoms with van der Waals surface area (Å²) in [5.74, 6) is -1.22. The summed E-state index contributed by atoms with van der Waals surface area (Å²) >= 11 is 3.30. The first-order chi connectivity index (χ1) is 9.50. The van der Waals surface area contributed by atoms with Crippen LogP contribution >= 0.6 is 15.9 Å². The molecule has 4 nitrogen and oxygen atoms in total. The van der Waals surface area contributed by atoms with E-state index < -0.39 is 5.97 Å². The number of nitrogens with two attached hydrogens (primary N) is 1. The molecule has 20 heavy (non-hydrogen) atoms. The molecule has 0 heterocycles. The summed E-state index contributed by atoms with van der Waals surface area (Å²) in [5, 5.41) is 8.85. The van der Waals surface area contributed by atoms with E-state index in [1.165, 1.54) is 0 Å². The number of carbonyl (C=O) groups is 2. The minimum absolute atomic E-state index is 0.204. The number of carboxylic acids is 1. The smallest absolute Gasteiger partial charge is 0.307 e. The van der Waals surface area contributed by atoms with Gasteiger partial charge in [-0.2, -0.15) is 0 Å². The lowest BCUT2D eigenvalue weighted by atomic mass is 9.98. The lowest BCUT2D eigenvalue weighted by Crippen LogP contribution is -2.11. The van der Waals surface area contributed by atoms with Crippen LogP contribution in [0.3, 0.4) is 0 Å². The molecule has 2 aromatic carbocycles. The molecule has 0 bridgehead atoms. The molecule has 0 aromatic heterocycles. The van der Waals surface area contributed by atoms with Crippen molar-refractivity contribution < 1.29 is 14.7 Å². The van der Waals surface area contributed by atoms with Crippen LogP contribution in [0.5, 0.6) is 0 Å². The second kappa shape index (κ2) is 5.88. The van der Waals surface area contributed by atoms with Gasteiger partial charge in [0.25, 0.3) is 0 Å². The molecule has 5 heteroatoms. The Labute approximate surface area is 124 Å². The van der Waals surface area contributed by atoms with E-state index in [-0.39, 0.29) is 17.9 Å². The Hall–Kier alpha value is -2.14. The second-order valence-corrected chi connectivity index (χ2v) is 5.12. The van der Waals surface area contributed by atoms with Gasteiger partial charge in [0.05, 0.1) is 12.0 Å². The molecular formula is C15H12BrNO3. The highest BCUT2D eigenvalue weighted by Gasteiger charge is 2.19. The van der Waals surface area contributed by atoms with Gasteiger partial charge in [0.15, 0.2) is 5.78 Å². The van der Waals surface area contributed by atoms with E-state index in [1.807, 2.05) is 6.07 Å². The lowest BCUT2D eigenvalue weighted by Gasteiger charge is -2.11. The molecule has 0 fully saturated rings. The third kappa shape index (κ3) is 2.88. The van der Waals surface area contributed by atoms with Crippen LogP contribution in [0.2, 0.25) is 0 Å². The fraction of sp³-hybridized carbons (Fsp3) is 0.0667. The fourth-order valence-electron chi connectivity index (χ4n) is 1.92. The summed E-state index contributed by atoms with van der Waals surface area (Å²) in [7, 11) is 0. The average Bonchev–Trinajstić information content (AvgIpc) is 2.42. The number of rotatable bonds is 4. The zero-order chi connectivity index (χ0) is 14.7. The summed E-state index contributed by atoms with van der Waals surface area (Å²) in [6, 6.07) is 12.0. The van der Waals surface area contributed by atoms with Gasteiger partial charge in [-0.1, -0.05) is 36.4 Å². The van der Waals surface area contributed by atoms with E-state index in [2.05, 4.69) is 15.9 Å². The Morgan fingerprint density at radius 1 is 1.10 bits per heavy atom. The van der Waals surface area contributed by atoms with Crippen molar-refractivity contribution in [1.29, 1.82) is 0 Å². The molecule has 102 valence electrons. The molecule has 2 aromatic rings. The largest absolute Gasteiger partial charge is 0.481 e. The molecule has 0 amide bonds. The number of carboxylic acid groups (broad SMARTS) is 1. The zero-order valence-corrected chi connectivity index (χ0v) is 12.1. The van der Waals surface area contributed by atoms with Crippen LogP contribution in [-0.2, 0) is 11.2 Å². The number of anilines is 1. The highest BCUT2D eigenvalue weighted by atomic mass is 79.9. The molecule has 0 aliphatic rings. The molecule has 0 radical (unpaired) electrons. The molecule has 0 aliphatic heterocycles. The third-order valence-corrected chi connectivity index (χ3v) is 3.55. The number of aliphatic carboxylic acids is 1. The quantitative estimate of drug-likeness (QED) is 0.665. The number of hydrogen-bond donors (Lipinski definition) is 2. The van der Waals surface area contributed by atoms with Gasteiger partial charge in [-0.25, -0.2) is 0 Å².